The Balaban J connectivity index is 3.14. The highest BCUT2D eigenvalue weighted by Gasteiger charge is 2.26. The quantitative estimate of drug-likeness (QED) is 0.751. The lowest BCUT2D eigenvalue weighted by Gasteiger charge is -2.24. The van der Waals surface area contributed by atoms with Gasteiger partial charge < -0.3 is 0 Å². The van der Waals surface area contributed by atoms with Crippen molar-refractivity contribution in [2.75, 3.05) is 0 Å². The lowest BCUT2D eigenvalue weighted by molar-refractivity contribution is -0.118. The summed E-state index contributed by atoms with van der Waals surface area (Å²) in [6.45, 7) is 4.90. The minimum Gasteiger partial charge on any atom is -0.300 e. The Morgan fingerprint density at radius 3 is 2.47 bits per heavy atom. The standard InChI is InChI=1S/C12H14F2O/c1-8(15)7-12(2,3)9-5-4-6-10(13)11(9)14/h4-6H,7H2,1-3H3. The molecule has 0 radical (unpaired) electrons. The summed E-state index contributed by atoms with van der Waals surface area (Å²) >= 11 is 0. The number of hydrogen-bond donors (Lipinski definition) is 0. The average molecular weight is 212 g/mol. The van der Waals surface area contributed by atoms with Crippen LogP contribution >= 0.6 is 0 Å². The Hall–Kier alpha value is -1.25. The third-order valence-corrected chi connectivity index (χ3v) is 2.37. The van der Waals surface area contributed by atoms with Gasteiger partial charge in [0.25, 0.3) is 0 Å². The molecule has 1 rings (SSSR count). The molecule has 1 aromatic rings. The summed E-state index contributed by atoms with van der Waals surface area (Å²) in [6.07, 6.45) is 0.202. The van der Waals surface area contributed by atoms with Gasteiger partial charge in [-0.1, -0.05) is 26.0 Å². The second-order valence-corrected chi connectivity index (χ2v) is 4.36. The highest BCUT2D eigenvalue weighted by molar-refractivity contribution is 5.77. The summed E-state index contributed by atoms with van der Waals surface area (Å²) in [5.74, 6) is -1.77. The van der Waals surface area contributed by atoms with Gasteiger partial charge >= 0.3 is 0 Å². The van der Waals surface area contributed by atoms with Crippen molar-refractivity contribution in [2.45, 2.75) is 32.6 Å². The molecule has 0 atom stereocenters. The minimum atomic E-state index is -0.871. The molecule has 82 valence electrons. The van der Waals surface area contributed by atoms with Gasteiger partial charge in [0.05, 0.1) is 0 Å². The average Bonchev–Trinajstić information content (AvgIpc) is 2.07. The van der Waals surface area contributed by atoms with Crippen molar-refractivity contribution >= 4 is 5.78 Å². The Bertz CT molecular complexity index is 383. The summed E-state index contributed by atoms with van der Waals surface area (Å²) < 4.78 is 26.4. The van der Waals surface area contributed by atoms with Gasteiger partial charge in [-0.05, 0) is 24.0 Å². The van der Waals surface area contributed by atoms with Crippen LogP contribution in [-0.4, -0.2) is 5.78 Å². The van der Waals surface area contributed by atoms with Crippen LogP contribution in [0.15, 0.2) is 18.2 Å². The Morgan fingerprint density at radius 1 is 1.33 bits per heavy atom. The van der Waals surface area contributed by atoms with Crippen LogP contribution < -0.4 is 0 Å². The Kier molecular flexibility index (Phi) is 3.22. The largest absolute Gasteiger partial charge is 0.300 e. The van der Waals surface area contributed by atoms with E-state index in [1.54, 1.807) is 13.8 Å². The van der Waals surface area contributed by atoms with Crippen molar-refractivity contribution in [2.24, 2.45) is 0 Å². The van der Waals surface area contributed by atoms with Crippen LogP contribution in [0.4, 0.5) is 8.78 Å². The zero-order valence-corrected chi connectivity index (χ0v) is 9.10. The predicted molar refractivity (Wildman–Crippen MR) is 54.7 cm³/mol. The molecule has 1 nitrogen and oxygen atoms in total. The van der Waals surface area contributed by atoms with Gasteiger partial charge in [-0.3, -0.25) is 4.79 Å². The first-order valence-electron chi connectivity index (χ1n) is 4.78. The number of carbonyl (C=O) groups is 1. The Labute approximate surface area is 88.1 Å². The fourth-order valence-corrected chi connectivity index (χ4v) is 1.74. The van der Waals surface area contributed by atoms with Gasteiger partial charge in [0.15, 0.2) is 11.6 Å². The van der Waals surface area contributed by atoms with Crippen molar-refractivity contribution in [3.63, 3.8) is 0 Å². The number of hydrogen-bond acceptors (Lipinski definition) is 1. The third kappa shape index (κ3) is 2.61. The highest BCUT2D eigenvalue weighted by Crippen LogP contribution is 2.30. The van der Waals surface area contributed by atoms with Gasteiger partial charge in [-0.15, -0.1) is 0 Å². The monoisotopic (exact) mass is 212 g/mol. The maximum atomic E-state index is 13.5. The molecule has 0 fully saturated rings. The number of Topliss-reactive ketones (excluding diaryl/α,β-unsaturated/α-hetero) is 1. The van der Waals surface area contributed by atoms with Gasteiger partial charge in [0.1, 0.15) is 5.78 Å². The summed E-state index contributed by atoms with van der Waals surface area (Å²) in [5.41, 5.74) is -0.421. The van der Waals surface area contributed by atoms with Crippen molar-refractivity contribution in [1.29, 1.82) is 0 Å². The topological polar surface area (TPSA) is 17.1 Å². The molecule has 3 heteroatoms. The number of carbonyl (C=O) groups excluding carboxylic acids is 1. The summed E-state index contributed by atoms with van der Waals surface area (Å²) in [6, 6.07) is 4.04. The number of rotatable bonds is 3. The molecule has 0 aliphatic heterocycles. The molecule has 0 unspecified atom stereocenters. The molecule has 0 aliphatic carbocycles. The molecule has 0 N–H and O–H groups in total. The van der Waals surface area contributed by atoms with Crippen LogP contribution in [0, 0.1) is 11.6 Å². The lowest BCUT2D eigenvalue weighted by Crippen LogP contribution is -2.22. The zero-order valence-electron chi connectivity index (χ0n) is 9.10. The molecule has 0 spiro atoms. The first-order chi connectivity index (χ1) is 6.84. The van der Waals surface area contributed by atoms with E-state index < -0.39 is 17.0 Å². The highest BCUT2D eigenvalue weighted by atomic mass is 19.2. The van der Waals surface area contributed by atoms with E-state index in [0.29, 0.717) is 0 Å². The van der Waals surface area contributed by atoms with E-state index in [9.17, 15) is 13.6 Å². The predicted octanol–water partition coefficient (Wildman–Crippen LogP) is 3.22. The number of ketones is 1. The van der Waals surface area contributed by atoms with Crippen LogP contribution in [-0.2, 0) is 10.2 Å². The number of benzene rings is 1. The molecule has 0 heterocycles. The molecule has 15 heavy (non-hydrogen) atoms. The van der Waals surface area contributed by atoms with Crippen LogP contribution in [0.25, 0.3) is 0 Å². The van der Waals surface area contributed by atoms with Gasteiger partial charge in [0.2, 0.25) is 0 Å². The van der Waals surface area contributed by atoms with Crippen molar-refractivity contribution in [1.82, 2.24) is 0 Å². The van der Waals surface area contributed by atoms with E-state index in [2.05, 4.69) is 0 Å². The summed E-state index contributed by atoms with van der Waals surface area (Å²) in [7, 11) is 0. The van der Waals surface area contributed by atoms with Crippen molar-refractivity contribution < 1.29 is 13.6 Å². The molecule has 0 aromatic heterocycles. The van der Waals surface area contributed by atoms with E-state index in [1.807, 2.05) is 0 Å². The van der Waals surface area contributed by atoms with Crippen LogP contribution in [0.1, 0.15) is 32.8 Å². The minimum absolute atomic E-state index is 0.0383. The van der Waals surface area contributed by atoms with Gasteiger partial charge in [-0.2, -0.15) is 0 Å². The zero-order chi connectivity index (χ0) is 11.6. The Morgan fingerprint density at radius 2 is 1.93 bits per heavy atom. The molecule has 0 aliphatic rings. The first kappa shape index (κ1) is 11.8. The maximum absolute atomic E-state index is 13.5. The van der Waals surface area contributed by atoms with E-state index in [-0.39, 0.29) is 17.8 Å². The first-order valence-corrected chi connectivity index (χ1v) is 4.78. The normalized spacial score (nSPS) is 11.5. The smallest absolute Gasteiger partial charge is 0.162 e. The fraction of sp³-hybridized carbons (Fsp3) is 0.417. The van der Waals surface area contributed by atoms with Crippen molar-refractivity contribution in [3.8, 4) is 0 Å². The van der Waals surface area contributed by atoms with Crippen LogP contribution in [0.5, 0.6) is 0 Å². The lowest BCUT2D eigenvalue weighted by atomic mass is 9.80. The van der Waals surface area contributed by atoms with E-state index >= 15 is 0 Å². The molecule has 1 aromatic carbocycles. The van der Waals surface area contributed by atoms with Crippen LogP contribution in [0.2, 0.25) is 0 Å². The van der Waals surface area contributed by atoms with Gasteiger partial charge in [0, 0.05) is 6.42 Å². The van der Waals surface area contributed by atoms with E-state index in [0.717, 1.165) is 6.07 Å². The second-order valence-electron chi connectivity index (χ2n) is 4.36. The molecular formula is C12H14F2O. The molecule has 0 saturated carbocycles. The molecule has 0 bridgehead atoms. The second kappa shape index (κ2) is 4.09. The number of halogens is 2. The van der Waals surface area contributed by atoms with Crippen LogP contribution in [0.3, 0.4) is 0 Å². The van der Waals surface area contributed by atoms with Gasteiger partial charge in [-0.25, -0.2) is 8.78 Å². The molecule has 0 saturated heterocycles. The molecule has 0 amide bonds. The van der Waals surface area contributed by atoms with E-state index in [4.69, 9.17) is 0 Å². The third-order valence-electron chi connectivity index (χ3n) is 2.37. The maximum Gasteiger partial charge on any atom is 0.162 e. The summed E-state index contributed by atoms with van der Waals surface area (Å²) in [4.78, 5) is 11.0. The van der Waals surface area contributed by atoms with Crippen molar-refractivity contribution in [3.05, 3.63) is 35.4 Å². The molecular weight excluding hydrogens is 198 g/mol. The van der Waals surface area contributed by atoms with E-state index in [1.165, 1.54) is 19.1 Å². The summed E-state index contributed by atoms with van der Waals surface area (Å²) in [5, 5.41) is 0. The SMILES string of the molecule is CC(=O)CC(C)(C)c1cccc(F)c1F. The fourth-order valence-electron chi connectivity index (χ4n) is 1.74.